The highest BCUT2D eigenvalue weighted by Crippen LogP contribution is 1.94. The van der Waals surface area contributed by atoms with Gasteiger partial charge in [0.25, 0.3) is 0 Å². The minimum Gasteiger partial charge on any atom is -0.447 e. The third kappa shape index (κ3) is 12.7. The van der Waals surface area contributed by atoms with E-state index in [9.17, 15) is 14.4 Å². The molecule has 0 aliphatic rings. The Morgan fingerprint density at radius 2 is 1.12 bits per heavy atom. The van der Waals surface area contributed by atoms with E-state index in [1.807, 2.05) is 0 Å². The van der Waals surface area contributed by atoms with Gasteiger partial charge in [-0.3, -0.25) is 0 Å². The molecule has 0 aromatic carbocycles. The van der Waals surface area contributed by atoms with Gasteiger partial charge in [-0.1, -0.05) is 0 Å². The minimum absolute atomic E-state index is 0.0491. The summed E-state index contributed by atoms with van der Waals surface area (Å²) in [7, 11) is 0. The van der Waals surface area contributed by atoms with Gasteiger partial charge in [-0.05, 0) is 0 Å². The quantitative estimate of drug-likeness (QED) is 0.242. The van der Waals surface area contributed by atoms with Crippen molar-refractivity contribution in [1.29, 1.82) is 0 Å². The molecule has 0 heterocycles. The van der Waals surface area contributed by atoms with Crippen LogP contribution in [0.5, 0.6) is 0 Å². The van der Waals surface area contributed by atoms with Crippen molar-refractivity contribution in [3.8, 4) is 0 Å². The first-order valence-corrected chi connectivity index (χ1v) is 7.60. The van der Waals surface area contributed by atoms with E-state index in [0.717, 1.165) is 0 Å². The van der Waals surface area contributed by atoms with Crippen LogP contribution in [-0.2, 0) is 14.2 Å². The molecule has 0 rings (SSSR count). The first-order valence-electron chi connectivity index (χ1n) is 7.60. The van der Waals surface area contributed by atoms with Gasteiger partial charge in [0.1, 0.15) is 19.8 Å². The molecule has 0 spiro atoms. The maximum Gasteiger partial charge on any atom is 0.409 e. The predicted molar refractivity (Wildman–Crippen MR) is 82.9 cm³/mol. The second-order valence-corrected chi connectivity index (χ2v) is 4.40. The summed E-state index contributed by atoms with van der Waals surface area (Å²) in [6.07, 6.45) is -2.23. The second-order valence-electron chi connectivity index (χ2n) is 4.40. The average Bonchev–Trinajstić information content (AvgIpc) is 2.61. The molecule has 25 heavy (non-hydrogen) atoms. The maximum absolute atomic E-state index is 11.8. The molecule has 0 unspecified atom stereocenters. The molecule has 0 aromatic rings. The van der Waals surface area contributed by atoms with Gasteiger partial charge in [-0.2, -0.15) is 0 Å². The second kappa shape index (κ2) is 15.2. The van der Waals surface area contributed by atoms with Crippen molar-refractivity contribution in [3.05, 3.63) is 0 Å². The summed E-state index contributed by atoms with van der Waals surface area (Å²) in [4.78, 5) is 35.5. The molecule has 0 bridgehead atoms. The van der Waals surface area contributed by atoms with E-state index in [0.29, 0.717) is 0 Å². The van der Waals surface area contributed by atoms with Crippen LogP contribution in [0.4, 0.5) is 14.4 Å². The van der Waals surface area contributed by atoms with Gasteiger partial charge in [-0.15, -0.1) is 0 Å². The van der Waals surface area contributed by atoms with Crippen molar-refractivity contribution in [2.24, 2.45) is 0 Å². The molecule has 12 nitrogen and oxygen atoms in total. The summed E-state index contributed by atoms with van der Waals surface area (Å²) in [5.41, 5.74) is 0. The van der Waals surface area contributed by atoms with Crippen LogP contribution in [0.3, 0.4) is 0 Å². The summed E-state index contributed by atoms with van der Waals surface area (Å²) >= 11 is 0. The standard InChI is InChI=1S/C13H25N3O9/c17-5-8-23-11(20)14-1-3-16(13(22)25-10-7-19)4-2-15-12(21)24-9-6-18/h17-19H,1-10H2,(H,14,20)(H,15,21). The normalized spacial score (nSPS) is 9.88. The highest BCUT2D eigenvalue weighted by molar-refractivity contribution is 5.69. The Hall–Kier alpha value is -2.31. The van der Waals surface area contributed by atoms with Gasteiger partial charge in [0.15, 0.2) is 0 Å². The van der Waals surface area contributed by atoms with Crippen molar-refractivity contribution in [2.75, 3.05) is 65.8 Å². The highest BCUT2D eigenvalue weighted by atomic mass is 16.6. The zero-order valence-corrected chi connectivity index (χ0v) is 13.8. The van der Waals surface area contributed by atoms with Crippen LogP contribution in [0.25, 0.3) is 0 Å². The van der Waals surface area contributed by atoms with Gasteiger partial charge in [-0.25, -0.2) is 14.4 Å². The van der Waals surface area contributed by atoms with E-state index in [-0.39, 0.29) is 65.8 Å². The van der Waals surface area contributed by atoms with Crippen LogP contribution < -0.4 is 10.6 Å². The Labute approximate surface area is 144 Å². The average molecular weight is 367 g/mol. The zero-order valence-electron chi connectivity index (χ0n) is 13.8. The van der Waals surface area contributed by atoms with E-state index in [2.05, 4.69) is 20.1 Å². The lowest BCUT2D eigenvalue weighted by atomic mass is 10.5. The molecule has 0 aromatic heterocycles. The number of alkyl carbamates (subject to hydrolysis) is 2. The van der Waals surface area contributed by atoms with Gasteiger partial charge >= 0.3 is 18.3 Å². The fourth-order valence-corrected chi connectivity index (χ4v) is 1.48. The molecule has 0 atom stereocenters. The summed E-state index contributed by atoms with van der Waals surface area (Å²) in [5.74, 6) is 0. The largest absolute Gasteiger partial charge is 0.447 e. The molecule has 0 fully saturated rings. The minimum atomic E-state index is -0.747. The molecule has 0 saturated heterocycles. The third-order valence-corrected chi connectivity index (χ3v) is 2.53. The Balaban J connectivity index is 4.24. The summed E-state index contributed by atoms with van der Waals surface area (Å²) in [6.45, 7) is -1.19. The van der Waals surface area contributed by atoms with Crippen molar-refractivity contribution in [2.45, 2.75) is 0 Å². The predicted octanol–water partition coefficient (Wildman–Crippen LogP) is -2.15. The number of nitrogens with one attached hydrogen (secondary N) is 2. The lowest BCUT2D eigenvalue weighted by molar-refractivity contribution is 0.0826. The van der Waals surface area contributed by atoms with E-state index in [4.69, 9.17) is 20.1 Å². The van der Waals surface area contributed by atoms with E-state index in [1.54, 1.807) is 0 Å². The number of nitrogens with zero attached hydrogens (tertiary/aromatic N) is 1. The number of carbonyl (C=O) groups is 3. The van der Waals surface area contributed by atoms with E-state index >= 15 is 0 Å². The molecule has 146 valence electrons. The van der Waals surface area contributed by atoms with Gasteiger partial charge in [0, 0.05) is 26.2 Å². The van der Waals surface area contributed by atoms with Gasteiger partial charge < -0.3 is 45.1 Å². The highest BCUT2D eigenvalue weighted by Gasteiger charge is 2.15. The molecule has 12 heteroatoms. The molecule has 0 radical (unpaired) electrons. The van der Waals surface area contributed by atoms with Crippen molar-refractivity contribution in [3.63, 3.8) is 0 Å². The lowest BCUT2D eigenvalue weighted by Crippen LogP contribution is -2.43. The van der Waals surface area contributed by atoms with Crippen LogP contribution in [0, 0.1) is 0 Å². The van der Waals surface area contributed by atoms with Crippen LogP contribution in [-0.4, -0.2) is 104 Å². The number of aliphatic hydroxyl groups is 3. The number of hydrogen-bond acceptors (Lipinski definition) is 9. The van der Waals surface area contributed by atoms with E-state index < -0.39 is 18.3 Å². The Morgan fingerprint density at radius 3 is 1.52 bits per heavy atom. The van der Waals surface area contributed by atoms with E-state index in [1.165, 1.54) is 4.90 Å². The SMILES string of the molecule is O=C(NCCN(CCNC(=O)OCCO)C(=O)OCCO)OCCO. The maximum atomic E-state index is 11.8. The Bertz CT molecular complexity index is 369. The molecule has 0 aliphatic carbocycles. The molecule has 3 amide bonds. The van der Waals surface area contributed by atoms with Crippen LogP contribution >= 0.6 is 0 Å². The van der Waals surface area contributed by atoms with Gasteiger partial charge in [0.05, 0.1) is 19.8 Å². The van der Waals surface area contributed by atoms with Crippen molar-refractivity contribution < 1.29 is 43.9 Å². The Kier molecular flexibility index (Phi) is 13.8. The summed E-state index contributed by atoms with van der Waals surface area (Å²) in [5, 5.41) is 30.5. The number of hydrogen-bond donors (Lipinski definition) is 5. The zero-order chi connectivity index (χ0) is 18.9. The number of amides is 3. The van der Waals surface area contributed by atoms with Crippen LogP contribution in [0.1, 0.15) is 0 Å². The summed E-state index contributed by atoms with van der Waals surface area (Å²) in [6, 6.07) is 0. The first kappa shape index (κ1) is 22.7. The van der Waals surface area contributed by atoms with Crippen LogP contribution in [0.2, 0.25) is 0 Å². The monoisotopic (exact) mass is 367 g/mol. The number of rotatable bonds is 12. The smallest absolute Gasteiger partial charge is 0.409 e. The number of aliphatic hydroxyl groups excluding tert-OH is 3. The third-order valence-electron chi connectivity index (χ3n) is 2.53. The molecular weight excluding hydrogens is 342 g/mol. The topological polar surface area (TPSA) is 167 Å². The van der Waals surface area contributed by atoms with Gasteiger partial charge in [0.2, 0.25) is 0 Å². The molecular formula is C13H25N3O9. The number of carbonyl (C=O) groups excluding carboxylic acids is 3. The molecule has 0 saturated carbocycles. The molecule has 5 N–H and O–H groups in total. The Morgan fingerprint density at radius 1 is 0.720 bits per heavy atom. The van der Waals surface area contributed by atoms with Crippen molar-refractivity contribution >= 4 is 18.3 Å². The molecule has 0 aliphatic heterocycles. The first-order chi connectivity index (χ1) is 12.0. The lowest BCUT2D eigenvalue weighted by Gasteiger charge is -2.22. The fraction of sp³-hybridized carbons (Fsp3) is 0.769. The van der Waals surface area contributed by atoms with Crippen LogP contribution in [0.15, 0.2) is 0 Å². The summed E-state index contributed by atoms with van der Waals surface area (Å²) < 4.78 is 14.0. The fourth-order valence-electron chi connectivity index (χ4n) is 1.48. The van der Waals surface area contributed by atoms with Crippen molar-refractivity contribution in [1.82, 2.24) is 15.5 Å². The number of ether oxygens (including phenoxy) is 3.